The molecule has 0 amide bonds. The molecule has 0 bridgehead atoms. The van der Waals surface area contributed by atoms with Crippen molar-refractivity contribution < 1.29 is 18.3 Å². The quantitative estimate of drug-likeness (QED) is 0.561. The van der Waals surface area contributed by atoms with E-state index >= 15 is 0 Å². The number of fused-ring (bicyclic) bond motifs is 1. The highest BCUT2D eigenvalue weighted by atomic mass is 19.4. The number of imidazole rings is 1. The summed E-state index contributed by atoms with van der Waals surface area (Å²) in [5.74, 6) is 0.280. The second kappa shape index (κ2) is 6.15. The van der Waals surface area contributed by atoms with Crippen LogP contribution < -0.4 is 0 Å². The highest BCUT2D eigenvalue weighted by Gasteiger charge is 2.30. The van der Waals surface area contributed by atoms with E-state index in [0.717, 1.165) is 23.2 Å². The van der Waals surface area contributed by atoms with Gasteiger partial charge in [-0.2, -0.15) is 23.0 Å². The van der Waals surface area contributed by atoms with E-state index in [9.17, 15) is 18.3 Å². The SMILES string of the molecule is Cc1nn(-c2nc3ccccc3[nH]2)c(O)c1Cc1ccc(C(F)(F)F)cc1. The molecule has 2 heterocycles. The van der Waals surface area contributed by atoms with E-state index in [1.54, 1.807) is 6.92 Å². The van der Waals surface area contributed by atoms with Gasteiger partial charge in [-0.05, 0) is 36.8 Å². The van der Waals surface area contributed by atoms with Crippen molar-refractivity contribution in [1.82, 2.24) is 19.7 Å². The summed E-state index contributed by atoms with van der Waals surface area (Å²) in [6, 6.07) is 12.3. The van der Waals surface area contributed by atoms with Crippen molar-refractivity contribution in [3.8, 4) is 11.8 Å². The summed E-state index contributed by atoms with van der Waals surface area (Å²) in [4.78, 5) is 7.49. The number of alkyl halides is 3. The number of halogens is 3. The molecule has 2 aromatic heterocycles. The molecule has 0 aliphatic carbocycles. The summed E-state index contributed by atoms with van der Waals surface area (Å²) in [5.41, 5.74) is 2.60. The molecule has 4 aromatic rings. The molecule has 0 atom stereocenters. The van der Waals surface area contributed by atoms with Gasteiger partial charge in [-0.1, -0.05) is 24.3 Å². The van der Waals surface area contributed by atoms with Gasteiger partial charge in [-0.25, -0.2) is 4.98 Å². The molecule has 0 aliphatic heterocycles. The summed E-state index contributed by atoms with van der Waals surface area (Å²) in [6.07, 6.45) is -4.11. The lowest BCUT2D eigenvalue weighted by molar-refractivity contribution is -0.137. The van der Waals surface area contributed by atoms with Gasteiger partial charge in [0, 0.05) is 12.0 Å². The number of para-hydroxylation sites is 2. The Labute approximate surface area is 152 Å². The maximum atomic E-state index is 12.7. The fourth-order valence-corrected chi connectivity index (χ4v) is 2.96. The minimum Gasteiger partial charge on any atom is -0.493 e. The zero-order valence-corrected chi connectivity index (χ0v) is 14.2. The zero-order valence-electron chi connectivity index (χ0n) is 14.2. The highest BCUT2D eigenvalue weighted by Crippen LogP contribution is 2.31. The van der Waals surface area contributed by atoms with Crippen molar-refractivity contribution >= 4 is 11.0 Å². The van der Waals surface area contributed by atoms with Crippen LogP contribution in [0.2, 0.25) is 0 Å². The predicted molar refractivity (Wildman–Crippen MR) is 93.9 cm³/mol. The molecule has 0 spiro atoms. The normalized spacial score (nSPS) is 12.0. The van der Waals surface area contributed by atoms with Crippen LogP contribution in [0.15, 0.2) is 48.5 Å². The number of aromatic nitrogens is 4. The first-order valence-electron chi connectivity index (χ1n) is 8.21. The Morgan fingerprint density at radius 3 is 2.44 bits per heavy atom. The first-order valence-corrected chi connectivity index (χ1v) is 8.21. The van der Waals surface area contributed by atoms with Gasteiger partial charge in [0.2, 0.25) is 11.8 Å². The minimum absolute atomic E-state index is 0.0912. The minimum atomic E-state index is -4.37. The number of nitrogens with one attached hydrogen (secondary N) is 1. The van der Waals surface area contributed by atoms with Crippen molar-refractivity contribution in [2.24, 2.45) is 0 Å². The van der Waals surface area contributed by atoms with Crippen LogP contribution >= 0.6 is 0 Å². The number of hydrogen-bond acceptors (Lipinski definition) is 3. The third-order valence-corrected chi connectivity index (χ3v) is 4.40. The Kier molecular flexibility index (Phi) is 3.91. The van der Waals surface area contributed by atoms with Gasteiger partial charge in [-0.15, -0.1) is 0 Å². The van der Waals surface area contributed by atoms with Gasteiger partial charge in [0.1, 0.15) is 0 Å². The maximum Gasteiger partial charge on any atom is 0.416 e. The summed E-state index contributed by atoms with van der Waals surface area (Å²) < 4.78 is 39.4. The molecule has 2 N–H and O–H groups in total. The van der Waals surface area contributed by atoms with E-state index in [0.29, 0.717) is 22.8 Å². The van der Waals surface area contributed by atoms with Gasteiger partial charge in [0.25, 0.3) is 0 Å². The molecule has 5 nitrogen and oxygen atoms in total. The predicted octanol–water partition coefficient (Wildman–Crippen LogP) is 4.37. The third kappa shape index (κ3) is 3.14. The van der Waals surface area contributed by atoms with Gasteiger partial charge < -0.3 is 10.1 Å². The van der Waals surface area contributed by atoms with Crippen LogP contribution in [0, 0.1) is 6.92 Å². The van der Waals surface area contributed by atoms with Crippen LogP contribution in [0.5, 0.6) is 5.88 Å². The summed E-state index contributed by atoms with van der Waals surface area (Å²) in [6.45, 7) is 1.73. The lowest BCUT2D eigenvalue weighted by atomic mass is 10.0. The lowest BCUT2D eigenvalue weighted by Crippen LogP contribution is -2.04. The van der Waals surface area contributed by atoms with Gasteiger partial charge in [-0.3, -0.25) is 0 Å². The van der Waals surface area contributed by atoms with E-state index in [-0.39, 0.29) is 12.3 Å². The van der Waals surface area contributed by atoms with Crippen molar-refractivity contribution in [1.29, 1.82) is 0 Å². The van der Waals surface area contributed by atoms with Gasteiger partial charge >= 0.3 is 6.18 Å². The van der Waals surface area contributed by atoms with E-state index in [1.165, 1.54) is 16.8 Å². The van der Waals surface area contributed by atoms with Crippen LogP contribution in [-0.2, 0) is 12.6 Å². The molecule has 27 heavy (non-hydrogen) atoms. The molecule has 0 unspecified atom stereocenters. The summed E-state index contributed by atoms with van der Waals surface area (Å²) in [7, 11) is 0. The Hall–Kier alpha value is -3.29. The second-order valence-corrected chi connectivity index (χ2v) is 6.25. The first kappa shape index (κ1) is 17.1. The average molecular weight is 372 g/mol. The topological polar surface area (TPSA) is 66.7 Å². The average Bonchev–Trinajstić information content (AvgIpc) is 3.17. The lowest BCUT2D eigenvalue weighted by Gasteiger charge is -2.07. The number of rotatable bonds is 3. The number of hydrogen-bond donors (Lipinski definition) is 2. The molecule has 0 saturated carbocycles. The molecule has 2 aromatic carbocycles. The summed E-state index contributed by atoms with van der Waals surface area (Å²) >= 11 is 0. The molecular formula is C19H15F3N4O. The third-order valence-electron chi connectivity index (χ3n) is 4.40. The molecule has 0 aliphatic rings. The molecular weight excluding hydrogens is 357 g/mol. The number of aromatic hydroxyl groups is 1. The first-order chi connectivity index (χ1) is 12.8. The number of benzene rings is 2. The molecule has 4 rings (SSSR count). The van der Waals surface area contributed by atoms with Gasteiger partial charge in [0.15, 0.2) is 0 Å². The van der Waals surface area contributed by atoms with E-state index in [4.69, 9.17) is 0 Å². The van der Waals surface area contributed by atoms with Crippen LogP contribution in [0.25, 0.3) is 17.0 Å². The fourth-order valence-electron chi connectivity index (χ4n) is 2.96. The number of H-pyrrole nitrogens is 1. The van der Waals surface area contributed by atoms with Crippen LogP contribution in [0.1, 0.15) is 22.4 Å². The Bertz CT molecular complexity index is 1080. The summed E-state index contributed by atoms with van der Waals surface area (Å²) in [5, 5.41) is 14.9. The second-order valence-electron chi connectivity index (χ2n) is 6.25. The smallest absolute Gasteiger partial charge is 0.416 e. The fraction of sp³-hybridized carbons (Fsp3) is 0.158. The Balaban J connectivity index is 1.66. The van der Waals surface area contributed by atoms with Crippen molar-refractivity contribution in [3.63, 3.8) is 0 Å². The number of aromatic amines is 1. The van der Waals surface area contributed by atoms with Crippen molar-refractivity contribution in [2.45, 2.75) is 19.5 Å². The van der Waals surface area contributed by atoms with Crippen LogP contribution in [0.4, 0.5) is 13.2 Å². The highest BCUT2D eigenvalue weighted by molar-refractivity contribution is 5.76. The zero-order chi connectivity index (χ0) is 19.2. The van der Waals surface area contributed by atoms with Crippen molar-refractivity contribution in [3.05, 3.63) is 70.9 Å². The van der Waals surface area contributed by atoms with E-state index in [2.05, 4.69) is 15.1 Å². The number of nitrogens with zero attached hydrogens (tertiary/aromatic N) is 3. The van der Waals surface area contributed by atoms with Gasteiger partial charge in [0.05, 0.1) is 22.3 Å². The molecule has 0 fully saturated rings. The van der Waals surface area contributed by atoms with Crippen LogP contribution in [0.3, 0.4) is 0 Å². The van der Waals surface area contributed by atoms with Crippen LogP contribution in [-0.4, -0.2) is 24.9 Å². The molecule has 0 radical (unpaired) electrons. The monoisotopic (exact) mass is 372 g/mol. The molecule has 138 valence electrons. The molecule has 8 heteroatoms. The Morgan fingerprint density at radius 2 is 1.78 bits per heavy atom. The van der Waals surface area contributed by atoms with E-state index < -0.39 is 11.7 Å². The Morgan fingerprint density at radius 1 is 1.07 bits per heavy atom. The largest absolute Gasteiger partial charge is 0.493 e. The standard InChI is InChI=1S/C19H15F3N4O/c1-11-14(10-12-6-8-13(9-7-12)19(20,21)22)17(27)26(25-11)18-23-15-4-2-3-5-16(15)24-18/h2-9,27H,10H2,1H3,(H,23,24). The van der Waals surface area contributed by atoms with E-state index in [1.807, 2.05) is 24.3 Å². The van der Waals surface area contributed by atoms with Crippen molar-refractivity contribution in [2.75, 3.05) is 0 Å². The number of aryl methyl sites for hydroxylation is 1. The maximum absolute atomic E-state index is 12.7. The molecule has 0 saturated heterocycles.